The van der Waals surface area contributed by atoms with Gasteiger partial charge in [-0.3, -0.25) is 0 Å². The lowest BCUT2D eigenvalue weighted by Gasteiger charge is -2.12. The first-order valence-corrected chi connectivity index (χ1v) is 10.1. The van der Waals surface area contributed by atoms with Crippen LogP contribution in [-0.4, -0.2) is 0 Å². The number of benzene rings is 3. The van der Waals surface area contributed by atoms with Crippen molar-refractivity contribution in [3.05, 3.63) is 89.5 Å². The van der Waals surface area contributed by atoms with Crippen molar-refractivity contribution in [2.75, 3.05) is 0 Å². The molecule has 2 nitrogen and oxygen atoms in total. The van der Waals surface area contributed by atoms with Crippen LogP contribution in [0.15, 0.2) is 77.2 Å². The number of aromatic nitrogens is 1. The molecule has 0 aliphatic rings. The number of aryl methyl sites for hydroxylation is 3. The van der Waals surface area contributed by atoms with Crippen LogP contribution in [0.25, 0.3) is 44.3 Å². The number of fused-ring (bicyclic) bond motifs is 3. The number of nitrogens with zero attached hydrogens (tertiary/aromatic N) is 1. The van der Waals surface area contributed by atoms with Crippen LogP contribution in [0.5, 0.6) is 0 Å². The van der Waals surface area contributed by atoms with Crippen LogP contribution in [-0.2, 0) is 7.05 Å². The summed E-state index contributed by atoms with van der Waals surface area (Å²) in [5, 5.41) is 1.60. The molecule has 0 atom stereocenters. The zero-order valence-electron chi connectivity index (χ0n) is 26.9. The third-order valence-corrected chi connectivity index (χ3v) is 5.71. The third kappa shape index (κ3) is 3.23. The molecule has 2 heteroatoms. The molecule has 3 aromatic carbocycles. The predicted octanol–water partition coefficient (Wildman–Crippen LogP) is 7.48. The molecule has 5 aromatic rings. The van der Waals surface area contributed by atoms with Crippen LogP contribution in [0.3, 0.4) is 0 Å². The Morgan fingerprint density at radius 3 is 2.48 bits per heavy atom. The monoisotopic (exact) mass is 415 g/mol. The van der Waals surface area contributed by atoms with Gasteiger partial charge >= 0.3 is 0 Å². The summed E-state index contributed by atoms with van der Waals surface area (Å²) in [6.07, 6.45) is 1.56. The molecule has 0 N–H and O–H groups in total. The fourth-order valence-corrected chi connectivity index (χ4v) is 4.12. The van der Waals surface area contributed by atoms with Gasteiger partial charge in [-0.1, -0.05) is 62.3 Å². The molecule has 31 heavy (non-hydrogen) atoms. The maximum atomic E-state index is 8.66. The summed E-state index contributed by atoms with van der Waals surface area (Å²) in [6, 6.07) is 9.03. The van der Waals surface area contributed by atoms with Gasteiger partial charge in [-0.05, 0) is 54.1 Å². The summed E-state index contributed by atoms with van der Waals surface area (Å²) in [6.45, 7) is 2.88. The fourth-order valence-electron chi connectivity index (χ4n) is 4.12. The molecule has 0 unspecified atom stereocenters. The zero-order chi connectivity index (χ0) is 29.5. The van der Waals surface area contributed by atoms with Crippen molar-refractivity contribution in [1.29, 1.82) is 0 Å². The third-order valence-electron chi connectivity index (χ3n) is 5.71. The van der Waals surface area contributed by atoms with Gasteiger partial charge in [0.15, 0.2) is 6.20 Å². The molecule has 0 radical (unpaired) electrons. The highest BCUT2D eigenvalue weighted by Gasteiger charge is 2.23. The normalized spacial score (nSPS) is 16.6. The first-order valence-electron chi connectivity index (χ1n) is 14.6. The highest BCUT2D eigenvalue weighted by molar-refractivity contribution is 6.10. The first-order chi connectivity index (χ1) is 18.5. The van der Waals surface area contributed by atoms with E-state index in [1.54, 1.807) is 49.9 Å². The fraction of sp³-hybridized carbons (Fsp3) is 0.207. The van der Waals surface area contributed by atoms with Crippen LogP contribution in [0, 0.1) is 13.8 Å². The summed E-state index contributed by atoms with van der Waals surface area (Å²) in [7, 11) is 1.77. The van der Waals surface area contributed by atoms with Gasteiger partial charge in [0, 0.05) is 27.9 Å². The molecule has 0 amide bonds. The second-order valence-corrected chi connectivity index (χ2v) is 8.04. The Morgan fingerprint density at radius 1 is 0.968 bits per heavy atom. The Bertz CT molecular complexity index is 1820. The molecule has 2 heterocycles. The van der Waals surface area contributed by atoms with E-state index in [4.69, 9.17) is 16.8 Å². The van der Waals surface area contributed by atoms with E-state index in [9.17, 15) is 0 Å². The maximum absolute atomic E-state index is 8.66. The minimum Gasteiger partial charge on any atom is -0.455 e. The lowest BCUT2D eigenvalue weighted by molar-refractivity contribution is -0.660. The average molecular weight is 416 g/mol. The summed E-state index contributed by atoms with van der Waals surface area (Å²) in [5.74, 6) is -1.17. The number of rotatable bonds is 3. The molecular weight excluding hydrogens is 378 g/mol. The number of pyridine rings is 1. The SMILES string of the molecule is [2H]c1c([2H])c([2H])c(-c2ccc3c(c2)oc2c(-c4cc(C([2H])(C)C)c(C([2H])([2H])[2H])c[n+]4C)c(C)ccc23)c([2H])c1[2H]. The maximum Gasteiger partial charge on any atom is 0.216 e. The topological polar surface area (TPSA) is 17.0 Å². The highest BCUT2D eigenvalue weighted by Crippen LogP contribution is 2.39. The molecule has 0 aliphatic heterocycles. The summed E-state index contributed by atoms with van der Waals surface area (Å²) in [5.41, 5.74) is 4.44. The number of hydrogen-bond donors (Lipinski definition) is 0. The number of furan rings is 1. The van der Waals surface area contributed by atoms with Crippen LogP contribution in [0.2, 0.25) is 0 Å². The molecule has 0 fully saturated rings. The van der Waals surface area contributed by atoms with Gasteiger partial charge in [0.05, 0.1) is 12.4 Å². The van der Waals surface area contributed by atoms with E-state index in [2.05, 4.69) is 0 Å². The smallest absolute Gasteiger partial charge is 0.216 e. The van der Waals surface area contributed by atoms with Crippen molar-refractivity contribution >= 4 is 21.9 Å². The molecule has 5 rings (SSSR count). The summed E-state index contributed by atoms with van der Waals surface area (Å²) in [4.78, 5) is 0. The van der Waals surface area contributed by atoms with Gasteiger partial charge in [-0.25, -0.2) is 4.57 Å². The van der Waals surface area contributed by atoms with Gasteiger partial charge in [0.2, 0.25) is 5.69 Å². The lowest BCUT2D eigenvalue weighted by atomic mass is 9.94. The standard InChI is InChI=1S/C29H28NO/c1-18(2)25-16-26(30(5)17-20(25)4)28-19(3)11-13-24-23-14-12-22(15-27(23)31-29(24)28)21-9-7-6-8-10-21/h6-18H,1-5H3/q+1/i4D3,6D,7D,8D,9D,10D,18D. The molecule has 154 valence electrons. The van der Waals surface area contributed by atoms with Crippen LogP contribution in [0.1, 0.15) is 48.8 Å². The van der Waals surface area contributed by atoms with Crippen molar-refractivity contribution in [1.82, 2.24) is 0 Å². The van der Waals surface area contributed by atoms with Crippen molar-refractivity contribution in [3.63, 3.8) is 0 Å². The van der Waals surface area contributed by atoms with Crippen LogP contribution in [0.4, 0.5) is 0 Å². The van der Waals surface area contributed by atoms with Crippen molar-refractivity contribution in [3.8, 4) is 22.4 Å². The molecule has 0 aliphatic carbocycles. The van der Waals surface area contributed by atoms with E-state index in [-0.39, 0.29) is 23.2 Å². The molecule has 0 spiro atoms. The largest absolute Gasteiger partial charge is 0.455 e. The number of hydrogen-bond acceptors (Lipinski definition) is 1. The minimum atomic E-state index is -2.38. The Kier molecular flexibility index (Phi) is 2.82. The van der Waals surface area contributed by atoms with E-state index >= 15 is 0 Å². The van der Waals surface area contributed by atoms with Crippen molar-refractivity contribution in [2.45, 2.75) is 33.5 Å². The van der Waals surface area contributed by atoms with Crippen LogP contribution >= 0.6 is 0 Å². The van der Waals surface area contributed by atoms with Gasteiger partial charge in [0.1, 0.15) is 18.2 Å². The lowest BCUT2D eigenvalue weighted by Crippen LogP contribution is -2.32. The van der Waals surface area contributed by atoms with Crippen LogP contribution < -0.4 is 4.57 Å². The summed E-state index contributed by atoms with van der Waals surface area (Å²) < 4.78 is 81.6. The molecule has 0 bridgehead atoms. The Morgan fingerprint density at radius 2 is 1.74 bits per heavy atom. The molecule has 0 saturated carbocycles. The van der Waals surface area contributed by atoms with Gasteiger partial charge < -0.3 is 4.42 Å². The molecule has 0 saturated heterocycles. The van der Waals surface area contributed by atoms with Gasteiger partial charge in [-0.2, -0.15) is 0 Å². The zero-order valence-corrected chi connectivity index (χ0v) is 17.9. The quantitative estimate of drug-likeness (QED) is 0.279. The highest BCUT2D eigenvalue weighted by atomic mass is 16.3. The van der Waals surface area contributed by atoms with E-state index in [1.165, 1.54) is 0 Å². The molecular formula is C29H28NO+. The predicted molar refractivity (Wildman–Crippen MR) is 129 cm³/mol. The average Bonchev–Trinajstić information content (AvgIpc) is 3.23. The van der Waals surface area contributed by atoms with E-state index < -0.39 is 30.9 Å². The summed E-state index contributed by atoms with van der Waals surface area (Å²) >= 11 is 0. The van der Waals surface area contributed by atoms with E-state index in [1.807, 2.05) is 25.1 Å². The van der Waals surface area contributed by atoms with E-state index in [0.29, 0.717) is 28.0 Å². The van der Waals surface area contributed by atoms with E-state index in [0.717, 1.165) is 21.9 Å². The van der Waals surface area contributed by atoms with Crippen molar-refractivity contribution < 1.29 is 21.3 Å². The minimum absolute atomic E-state index is 0.0960. The van der Waals surface area contributed by atoms with Gasteiger partial charge in [-0.15, -0.1) is 0 Å². The second-order valence-electron chi connectivity index (χ2n) is 8.04. The van der Waals surface area contributed by atoms with Gasteiger partial charge in [0.25, 0.3) is 0 Å². The Balaban J connectivity index is 1.79. The Labute approximate surface area is 196 Å². The first kappa shape index (κ1) is 11.9. The van der Waals surface area contributed by atoms with Crippen molar-refractivity contribution in [2.24, 2.45) is 7.05 Å². The second kappa shape index (κ2) is 7.39. The molecule has 2 aromatic heterocycles. The Hall–Kier alpha value is -3.39.